The first-order valence-corrected chi connectivity index (χ1v) is 5.15. The van der Waals surface area contributed by atoms with Crippen LogP contribution in [0.3, 0.4) is 0 Å². The van der Waals surface area contributed by atoms with Crippen molar-refractivity contribution in [2.24, 2.45) is 22.7 Å². The second-order valence-electron chi connectivity index (χ2n) is 5.44. The van der Waals surface area contributed by atoms with Gasteiger partial charge >= 0.3 is 0 Å². The van der Waals surface area contributed by atoms with Crippen LogP contribution >= 0.6 is 0 Å². The normalized spacial score (nSPS) is 40.7. The smallest absolute Gasteiger partial charge is 0.161 e. The third-order valence-electron chi connectivity index (χ3n) is 4.17. The molecule has 2 rings (SSSR count). The van der Waals surface area contributed by atoms with Gasteiger partial charge in [0.15, 0.2) is 5.78 Å². The Morgan fingerprint density at radius 3 is 2.62 bits per heavy atom. The molecule has 0 spiro atoms. The molecule has 0 bridgehead atoms. The predicted molar refractivity (Wildman–Crippen MR) is 53.3 cm³/mol. The minimum absolute atomic E-state index is 0.112. The number of carbonyl (C=O) groups excluding carboxylic acids is 1. The lowest BCUT2D eigenvalue weighted by atomic mass is 9.72. The summed E-state index contributed by atoms with van der Waals surface area (Å²) in [5, 5.41) is 0. The Hall–Kier alpha value is -0.590. The van der Waals surface area contributed by atoms with Crippen LogP contribution in [0, 0.1) is 22.7 Å². The van der Waals surface area contributed by atoms with Crippen LogP contribution in [-0.4, -0.2) is 5.78 Å². The number of hydrogen-bond donors (Lipinski definition) is 0. The molecule has 0 aromatic heterocycles. The maximum atomic E-state index is 11.6. The highest BCUT2D eigenvalue weighted by molar-refractivity contribution is 5.96. The molecule has 1 saturated carbocycles. The summed E-state index contributed by atoms with van der Waals surface area (Å²) in [6, 6.07) is 0. The highest BCUT2D eigenvalue weighted by atomic mass is 16.1. The average molecular weight is 178 g/mol. The molecular formula is C12H18O. The van der Waals surface area contributed by atoms with Crippen LogP contribution in [0.15, 0.2) is 12.2 Å². The van der Waals surface area contributed by atoms with E-state index in [-0.39, 0.29) is 5.41 Å². The van der Waals surface area contributed by atoms with Gasteiger partial charge in [-0.2, -0.15) is 0 Å². The van der Waals surface area contributed by atoms with E-state index in [2.05, 4.69) is 33.8 Å². The molecule has 1 nitrogen and oxygen atoms in total. The Morgan fingerprint density at radius 1 is 1.46 bits per heavy atom. The van der Waals surface area contributed by atoms with Gasteiger partial charge in [-0.1, -0.05) is 33.8 Å². The van der Waals surface area contributed by atoms with E-state index in [4.69, 9.17) is 0 Å². The molecule has 2 atom stereocenters. The number of fused-ring (bicyclic) bond motifs is 1. The molecule has 0 radical (unpaired) electrons. The van der Waals surface area contributed by atoms with Crippen molar-refractivity contribution in [3.05, 3.63) is 12.2 Å². The largest absolute Gasteiger partial charge is 0.294 e. The van der Waals surface area contributed by atoms with E-state index >= 15 is 0 Å². The highest BCUT2D eigenvalue weighted by Crippen LogP contribution is 2.67. The molecule has 0 heterocycles. The van der Waals surface area contributed by atoms with Gasteiger partial charge in [-0.15, -0.1) is 0 Å². The number of allylic oxidation sites excluding steroid dienone is 2. The summed E-state index contributed by atoms with van der Waals surface area (Å²) in [5.41, 5.74) is 0.246. The van der Waals surface area contributed by atoms with E-state index in [0.717, 1.165) is 0 Å². The molecule has 72 valence electrons. The minimum Gasteiger partial charge on any atom is -0.294 e. The molecule has 0 unspecified atom stereocenters. The quantitative estimate of drug-likeness (QED) is 0.603. The van der Waals surface area contributed by atoms with Crippen molar-refractivity contribution in [1.82, 2.24) is 0 Å². The van der Waals surface area contributed by atoms with Crippen LogP contribution < -0.4 is 0 Å². The van der Waals surface area contributed by atoms with E-state index in [0.29, 0.717) is 23.0 Å². The molecule has 1 heteroatoms. The number of rotatable bonds is 1. The van der Waals surface area contributed by atoms with Crippen LogP contribution in [0.4, 0.5) is 0 Å². The number of hydrogen-bond acceptors (Lipinski definition) is 1. The Balaban J connectivity index is 2.36. The molecule has 0 aromatic carbocycles. The van der Waals surface area contributed by atoms with Gasteiger partial charge in [0.25, 0.3) is 0 Å². The first-order valence-electron chi connectivity index (χ1n) is 5.15. The zero-order chi connectivity index (χ0) is 9.85. The van der Waals surface area contributed by atoms with Crippen molar-refractivity contribution >= 4 is 5.78 Å². The van der Waals surface area contributed by atoms with Crippen LogP contribution in [0.1, 0.15) is 34.1 Å². The van der Waals surface area contributed by atoms with Crippen molar-refractivity contribution in [2.75, 3.05) is 0 Å². The fraction of sp³-hybridized carbons (Fsp3) is 0.750. The molecular weight excluding hydrogens is 160 g/mol. The van der Waals surface area contributed by atoms with Crippen LogP contribution in [0.2, 0.25) is 0 Å². The van der Waals surface area contributed by atoms with Gasteiger partial charge in [-0.3, -0.25) is 4.79 Å². The van der Waals surface area contributed by atoms with Gasteiger partial charge in [0, 0.05) is 5.41 Å². The number of ketones is 1. The Labute approximate surface area is 80.2 Å². The molecule has 0 aliphatic heterocycles. The highest BCUT2D eigenvalue weighted by Gasteiger charge is 2.63. The third-order valence-corrected chi connectivity index (χ3v) is 4.17. The van der Waals surface area contributed by atoms with E-state index in [9.17, 15) is 4.79 Å². The Kier molecular flexibility index (Phi) is 1.56. The second-order valence-corrected chi connectivity index (χ2v) is 5.44. The molecule has 1 fully saturated rings. The van der Waals surface area contributed by atoms with Gasteiger partial charge in [0.05, 0.1) is 0 Å². The van der Waals surface area contributed by atoms with Gasteiger partial charge in [-0.25, -0.2) is 0 Å². The number of carbonyl (C=O) groups is 1. The third kappa shape index (κ3) is 0.962. The lowest BCUT2D eigenvalue weighted by Crippen LogP contribution is -2.32. The van der Waals surface area contributed by atoms with E-state index in [1.165, 1.54) is 6.42 Å². The average Bonchev–Trinajstić information content (AvgIpc) is 2.75. The molecule has 2 aliphatic carbocycles. The van der Waals surface area contributed by atoms with Crippen molar-refractivity contribution < 1.29 is 4.79 Å². The molecule has 2 aliphatic rings. The molecule has 0 N–H and O–H groups in total. The molecule has 0 aromatic rings. The first-order chi connectivity index (χ1) is 5.91. The molecule has 13 heavy (non-hydrogen) atoms. The summed E-state index contributed by atoms with van der Waals surface area (Å²) >= 11 is 0. The fourth-order valence-corrected chi connectivity index (χ4v) is 2.85. The summed E-state index contributed by atoms with van der Waals surface area (Å²) in [4.78, 5) is 11.6. The zero-order valence-corrected chi connectivity index (χ0v) is 8.92. The van der Waals surface area contributed by atoms with Gasteiger partial charge in [0.2, 0.25) is 0 Å². The van der Waals surface area contributed by atoms with Gasteiger partial charge in [0.1, 0.15) is 0 Å². The topological polar surface area (TPSA) is 17.1 Å². The summed E-state index contributed by atoms with van der Waals surface area (Å²) in [7, 11) is 0. The zero-order valence-electron chi connectivity index (χ0n) is 8.92. The SMILES string of the molecule is CC(C)[C@]12C=CC(=O)C(C)(C)[C@@H]1C2. The standard InChI is InChI=1S/C12H18O/c1-8(2)12-6-5-10(13)11(3,4)9(12)7-12/h5-6,8-9H,7H2,1-4H3/t9-,12+/m0/s1. The molecule has 0 amide bonds. The van der Waals surface area contributed by atoms with Crippen LogP contribution in [0.25, 0.3) is 0 Å². The van der Waals surface area contributed by atoms with E-state index < -0.39 is 0 Å². The summed E-state index contributed by atoms with van der Waals surface area (Å²) in [6.07, 6.45) is 5.18. The Bertz CT molecular complexity index is 285. The monoisotopic (exact) mass is 178 g/mol. The van der Waals surface area contributed by atoms with Crippen molar-refractivity contribution in [3.63, 3.8) is 0 Å². The fourth-order valence-electron chi connectivity index (χ4n) is 2.85. The van der Waals surface area contributed by atoms with Crippen LogP contribution in [-0.2, 0) is 4.79 Å². The second kappa shape index (κ2) is 2.26. The summed E-state index contributed by atoms with van der Waals surface area (Å²) in [6.45, 7) is 8.70. The van der Waals surface area contributed by atoms with Crippen molar-refractivity contribution in [3.8, 4) is 0 Å². The minimum atomic E-state index is -0.112. The van der Waals surface area contributed by atoms with Crippen LogP contribution in [0.5, 0.6) is 0 Å². The molecule has 0 saturated heterocycles. The maximum Gasteiger partial charge on any atom is 0.161 e. The van der Waals surface area contributed by atoms with E-state index in [1.807, 2.05) is 6.08 Å². The van der Waals surface area contributed by atoms with Crippen molar-refractivity contribution in [2.45, 2.75) is 34.1 Å². The lowest BCUT2D eigenvalue weighted by Gasteiger charge is -2.31. The van der Waals surface area contributed by atoms with Gasteiger partial charge in [-0.05, 0) is 29.7 Å². The van der Waals surface area contributed by atoms with E-state index in [1.54, 1.807) is 0 Å². The predicted octanol–water partition coefficient (Wildman–Crippen LogP) is 2.81. The summed E-state index contributed by atoms with van der Waals surface area (Å²) in [5.74, 6) is 1.57. The maximum absolute atomic E-state index is 11.6. The first kappa shape index (κ1) is 8.98. The summed E-state index contributed by atoms with van der Waals surface area (Å²) < 4.78 is 0. The van der Waals surface area contributed by atoms with Crippen molar-refractivity contribution in [1.29, 1.82) is 0 Å². The Morgan fingerprint density at radius 2 is 2.08 bits per heavy atom. The lowest BCUT2D eigenvalue weighted by molar-refractivity contribution is -0.124. The van der Waals surface area contributed by atoms with Gasteiger partial charge < -0.3 is 0 Å².